The first kappa shape index (κ1) is 16.8. The molecule has 0 spiro atoms. The first-order valence-corrected chi connectivity index (χ1v) is 8.37. The number of hydrogen-bond acceptors (Lipinski definition) is 3. The summed E-state index contributed by atoms with van der Waals surface area (Å²) in [5.41, 5.74) is -1.40. The zero-order valence-corrected chi connectivity index (χ0v) is 14.8. The maximum Gasteiger partial charge on any atom is 0.410 e. The van der Waals surface area contributed by atoms with Gasteiger partial charge in [-0.3, -0.25) is 4.90 Å². The molecule has 1 aliphatic heterocycles. The van der Waals surface area contributed by atoms with Crippen LogP contribution in [-0.2, 0) is 0 Å². The highest BCUT2D eigenvalue weighted by Crippen LogP contribution is 2.45. The quantitative estimate of drug-likeness (QED) is 0.793. The number of ether oxygens (including phenoxy) is 1. The third-order valence-electron chi connectivity index (χ3n) is 4.68. The first-order valence-electron chi connectivity index (χ1n) is 7.99. The molecule has 1 aromatic heterocycles. The van der Waals surface area contributed by atoms with Crippen LogP contribution in [0.4, 0.5) is 4.79 Å². The minimum absolute atomic E-state index is 0.327. The Morgan fingerprint density at radius 3 is 2.75 bits per heavy atom. The van der Waals surface area contributed by atoms with Crippen LogP contribution < -0.4 is 4.74 Å². The van der Waals surface area contributed by atoms with E-state index >= 15 is 0 Å². The van der Waals surface area contributed by atoms with E-state index in [0.717, 1.165) is 17.2 Å². The molecule has 1 fully saturated rings. The van der Waals surface area contributed by atoms with Crippen LogP contribution in [0.15, 0.2) is 30.3 Å². The van der Waals surface area contributed by atoms with Gasteiger partial charge < -0.3 is 9.84 Å². The number of fused-ring (bicyclic) bond motifs is 1. The van der Waals surface area contributed by atoms with Gasteiger partial charge in [-0.2, -0.15) is 0 Å². The van der Waals surface area contributed by atoms with Crippen LogP contribution in [0.3, 0.4) is 0 Å². The first-order chi connectivity index (χ1) is 11.2. The Labute approximate surface area is 146 Å². The Hall–Kier alpha value is -2.01. The molecule has 1 aromatic carbocycles. The summed E-state index contributed by atoms with van der Waals surface area (Å²) in [7, 11) is 0. The monoisotopic (exact) mass is 348 g/mol. The molecular formula is C18H21ClN2O3. The Kier molecular flexibility index (Phi) is 4.08. The average Bonchev–Trinajstić information content (AvgIpc) is 2.92. The smallest absolute Gasteiger partial charge is 0.410 e. The average molecular weight is 349 g/mol. The van der Waals surface area contributed by atoms with Crippen molar-refractivity contribution in [1.29, 1.82) is 0 Å². The highest BCUT2D eigenvalue weighted by molar-refractivity contribution is 6.30. The molecule has 0 aliphatic carbocycles. The zero-order chi connectivity index (χ0) is 17.5. The highest BCUT2D eigenvalue weighted by Gasteiger charge is 2.54. The van der Waals surface area contributed by atoms with Gasteiger partial charge in [-0.25, -0.2) is 9.78 Å². The van der Waals surface area contributed by atoms with Gasteiger partial charge in [-0.1, -0.05) is 50.6 Å². The number of rotatable bonds is 2. The van der Waals surface area contributed by atoms with Crippen molar-refractivity contribution in [1.82, 2.24) is 9.88 Å². The summed E-state index contributed by atoms with van der Waals surface area (Å²) in [5, 5.41) is 11.7. The molecule has 1 saturated heterocycles. The van der Waals surface area contributed by atoms with Gasteiger partial charge in [0, 0.05) is 23.8 Å². The lowest BCUT2D eigenvalue weighted by molar-refractivity contribution is -0.121. The van der Waals surface area contributed by atoms with E-state index in [0.29, 0.717) is 24.0 Å². The molecule has 1 aliphatic rings. The molecular weight excluding hydrogens is 328 g/mol. The zero-order valence-electron chi connectivity index (χ0n) is 14.0. The molecule has 0 radical (unpaired) electrons. The molecule has 1 N–H and O–H groups in total. The molecule has 0 bridgehead atoms. The second-order valence-electron chi connectivity index (χ2n) is 7.15. The summed E-state index contributed by atoms with van der Waals surface area (Å²) in [5.74, 6) is 0.376. The van der Waals surface area contributed by atoms with Crippen LogP contribution >= 0.6 is 11.6 Å². The largest absolute Gasteiger partial charge is 0.465 e. The van der Waals surface area contributed by atoms with Crippen molar-refractivity contribution in [2.45, 2.75) is 39.3 Å². The number of halogens is 1. The topological polar surface area (TPSA) is 62.7 Å². The van der Waals surface area contributed by atoms with E-state index in [1.807, 2.05) is 45.0 Å². The number of pyridine rings is 1. The van der Waals surface area contributed by atoms with E-state index < -0.39 is 17.2 Å². The fourth-order valence-electron chi connectivity index (χ4n) is 3.45. The standard InChI is InChI=1S/C18H21ClN2O3/c1-17(2,3)18(9-6-10-21(18)16(22)23)24-15-13-8-5-4-7-12(13)11-14(19)20-15/h4-5,7-8,11H,6,9-10H2,1-3H3,(H,22,23)/t18-/m0/s1. The molecule has 2 heterocycles. The number of benzene rings is 1. The molecule has 128 valence electrons. The van der Waals surface area contributed by atoms with E-state index in [-0.39, 0.29) is 0 Å². The van der Waals surface area contributed by atoms with Gasteiger partial charge in [0.1, 0.15) is 5.15 Å². The lowest BCUT2D eigenvalue weighted by Crippen LogP contribution is -2.59. The molecule has 5 nitrogen and oxygen atoms in total. The molecule has 1 amide bonds. The van der Waals surface area contributed by atoms with Crippen molar-refractivity contribution in [2.24, 2.45) is 5.41 Å². The number of likely N-dealkylation sites (tertiary alicyclic amines) is 1. The van der Waals surface area contributed by atoms with Crippen LogP contribution in [0, 0.1) is 5.41 Å². The van der Waals surface area contributed by atoms with E-state index in [1.54, 1.807) is 6.07 Å². The normalized spacial score (nSPS) is 21.2. The van der Waals surface area contributed by atoms with Crippen molar-refractivity contribution >= 4 is 28.5 Å². The Balaban J connectivity index is 2.15. The predicted octanol–water partition coefficient (Wildman–Crippen LogP) is 4.78. The minimum atomic E-state index is -0.978. The van der Waals surface area contributed by atoms with E-state index in [4.69, 9.17) is 16.3 Å². The minimum Gasteiger partial charge on any atom is -0.465 e. The van der Waals surface area contributed by atoms with Gasteiger partial charge in [0.05, 0.1) is 0 Å². The number of carboxylic acid groups (broad SMARTS) is 1. The fraction of sp³-hybridized carbons (Fsp3) is 0.444. The SMILES string of the molecule is CC(C)(C)[C@@]1(Oc2nc(Cl)cc3ccccc23)CCCN1C(=O)O. The highest BCUT2D eigenvalue weighted by atomic mass is 35.5. The van der Waals surface area contributed by atoms with Gasteiger partial charge >= 0.3 is 6.09 Å². The lowest BCUT2D eigenvalue weighted by atomic mass is 9.81. The third kappa shape index (κ3) is 2.67. The summed E-state index contributed by atoms with van der Waals surface area (Å²) in [6.07, 6.45) is 0.390. The van der Waals surface area contributed by atoms with E-state index in [1.165, 1.54) is 4.90 Å². The van der Waals surface area contributed by atoms with Crippen molar-refractivity contribution in [3.63, 3.8) is 0 Å². The lowest BCUT2D eigenvalue weighted by Gasteiger charge is -2.46. The number of aromatic nitrogens is 1. The summed E-state index contributed by atoms with van der Waals surface area (Å²) in [6, 6.07) is 9.43. The van der Waals surface area contributed by atoms with Gasteiger partial charge in [0.25, 0.3) is 0 Å². The van der Waals surface area contributed by atoms with E-state index in [9.17, 15) is 9.90 Å². The maximum atomic E-state index is 11.8. The van der Waals surface area contributed by atoms with Crippen molar-refractivity contribution in [3.05, 3.63) is 35.5 Å². The predicted molar refractivity (Wildman–Crippen MR) is 93.5 cm³/mol. The Bertz CT molecular complexity index is 787. The molecule has 3 rings (SSSR count). The molecule has 0 unspecified atom stereocenters. The third-order valence-corrected chi connectivity index (χ3v) is 4.87. The second-order valence-corrected chi connectivity index (χ2v) is 7.53. The number of carbonyl (C=O) groups is 1. The van der Waals surface area contributed by atoms with Crippen molar-refractivity contribution < 1.29 is 14.6 Å². The molecule has 6 heteroatoms. The van der Waals surface area contributed by atoms with Crippen molar-refractivity contribution in [2.75, 3.05) is 6.54 Å². The molecule has 24 heavy (non-hydrogen) atoms. The summed E-state index contributed by atoms with van der Waals surface area (Å²) in [6.45, 7) is 6.41. The van der Waals surface area contributed by atoms with Gasteiger partial charge in [-0.15, -0.1) is 0 Å². The number of amides is 1. The van der Waals surface area contributed by atoms with Crippen LogP contribution in [0.2, 0.25) is 5.15 Å². The van der Waals surface area contributed by atoms with E-state index in [2.05, 4.69) is 4.98 Å². The Morgan fingerprint density at radius 1 is 1.38 bits per heavy atom. The van der Waals surface area contributed by atoms with Gasteiger partial charge in [0.15, 0.2) is 5.72 Å². The molecule has 1 atom stereocenters. The molecule has 0 saturated carbocycles. The Morgan fingerprint density at radius 2 is 2.08 bits per heavy atom. The summed E-state index contributed by atoms with van der Waals surface area (Å²) >= 11 is 6.15. The fourth-order valence-corrected chi connectivity index (χ4v) is 3.65. The van der Waals surface area contributed by atoms with Crippen molar-refractivity contribution in [3.8, 4) is 5.88 Å². The summed E-state index contributed by atoms with van der Waals surface area (Å²) < 4.78 is 6.34. The number of nitrogens with zero attached hydrogens (tertiary/aromatic N) is 2. The van der Waals surface area contributed by atoms with Crippen LogP contribution in [0.1, 0.15) is 33.6 Å². The number of hydrogen-bond donors (Lipinski definition) is 1. The second kappa shape index (κ2) is 5.81. The van der Waals surface area contributed by atoms with Crippen LogP contribution in [0.25, 0.3) is 10.8 Å². The summed E-state index contributed by atoms with van der Waals surface area (Å²) in [4.78, 5) is 17.5. The van der Waals surface area contributed by atoms with Crippen LogP contribution in [0.5, 0.6) is 5.88 Å². The van der Waals surface area contributed by atoms with Crippen LogP contribution in [-0.4, -0.2) is 33.4 Å². The maximum absolute atomic E-state index is 11.8. The van der Waals surface area contributed by atoms with Gasteiger partial charge in [0.2, 0.25) is 5.88 Å². The molecule has 2 aromatic rings. The van der Waals surface area contributed by atoms with Gasteiger partial charge in [-0.05, 0) is 23.9 Å².